The van der Waals surface area contributed by atoms with Gasteiger partial charge in [0.05, 0.1) is 22.7 Å². The number of rotatable bonds is 12. The maximum atomic E-state index is 2.66. The van der Waals surface area contributed by atoms with Crippen molar-refractivity contribution in [3.63, 3.8) is 0 Å². The van der Waals surface area contributed by atoms with E-state index < -0.39 is 0 Å². The van der Waals surface area contributed by atoms with E-state index in [-0.39, 0.29) is 29.7 Å². The van der Waals surface area contributed by atoms with Crippen LogP contribution in [0.1, 0.15) is 79.0 Å². The second-order valence-electron chi connectivity index (χ2n) is 32.9. The quantitative estimate of drug-likeness (QED) is 0.113. The zero-order valence-corrected chi connectivity index (χ0v) is 64.6. The number of fused-ring (bicyclic) bond motifs is 8. The summed E-state index contributed by atoms with van der Waals surface area (Å²) in [5.41, 5.74) is 35.0. The molecule has 110 heavy (non-hydrogen) atoms. The van der Waals surface area contributed by atoms with Crippen molar-refractivity contribution in [3.05, 3.63) is 369 Å². The monoisotopic (exact) mass is 1430 g/mol. The molecule has 4 aliphatic heterocycles. The summed E-state index contributed by atoms with van der Waals surface area (Å²) in [6, 6.07) is 133. The Kier molecular flexibility index (Phi) is 16.7. The van der Waals surface area contributed by atoms with Gasteiger partial charge in [-0.25, -0.2) is 0 Å². The summed E-state index contributed by atoms with van der Waals surface area (Å²) in [6.07, 6.45) is 0. The van der Waals surface area contributed by atoms with E-state index in [1.54, 1.807) is 0 Å². The number of anilines is 15. The molecule has 8 heteroatoms. The van der Waals surface area contributed by atoms with Gasteiger partial charge in [0.25, 0.3) is 6.71 Å². The van der Waals surface area contributed by atoms with Crippen LogP contribution in [0.25, 0.3) is 33.4 Å². The highest BCUT2D eigenvalue weighted by molar-refractivity contribution is 8.00. The van der Waals surface area contributed by atoms with Crippen LogP contribution in [-0.2, 0) is 16.2 Å². The van der Waals surface area contributed by atoms with E-state index in [2.05, 4.69) is 439 Å². The summed E-state index contributed by atoms with van der Waals surface area (Å²) in [7, 11) is 0. The van der Waals surface area contributed by atoms with Crippen LogP contribution in [0.3, 0.4) is 0 Å². The molecule has 4 aliphatic rings. The lowest BCUT2D eigenvalue weighted by Gasteiger charge is -2.47. The normalized spacial score (nSPS) is 13.2. The molecule has 15 aromatic rings. The average Bonchev–Trinajstić information content (AvgIpc) is 0.684. The number of hydrogen-bond donors (Lipinski definition) is 0. The number of para-hydroxylation sites is 8. The van der Waals surface area contributed by atoms with Crippen molar-refractivity contribution in [1.82, 2.24) is 0 Å². The van der Waals surface area contributed by atoms with E-state index >= 15 is 0 Å². The molecule has 0 spiro atoms. The second kappa shape index (κ2) is 26.9. The topological polar surface area (TPSA) is 16.2 Å². The molecule has 0 saturated carbocycles. The molecule has 15 aromatic carbocycles. The van der Waals surface area contributed by atoms with Gasteiger partial charge in [-0.15, -0.1) is 0 Å². The third-order valence-corrected chi connectivity index (χ3v) is 24.1. The van der Waals surface area contributed by atoms with Gasteiger partial charge in [-0.05, 0) is 186 Å². The van der Waals surface area contributed by atoms with Crippen molar-refractivity contribution in [3.8, 4) is 33.4 Å². The van der Waals surface area contributed by atoms with E-state index in [1.165, 1.54) is 70.4 Å². The van der Waals surface area contributed by atoms with Crippen LogP contribution in [0.2, 0.25) is 0 Å². The molecule has 0 atom stereocenters. The van der Waals surface area contributed by atoms with Crippen molar-refractivity contribution < 1.29 is 0 Å². The van der Waals surface area contributed by atoms with Gasteiger partial charge in [-0.2, -0.15) is 0 Å². The Morgan fingerprint density at radius 3 is 1.09 bits per heavy atom. The van der Waals surface area contributed by atoms with E-state index in [0.717, 1.165) is 108 Å². The highest BCUT2D eigenvalue weighted by Gasteiger charge is 2.48. The minimum absolute atomic E-state index is 0.00572. The van der Waals surface area contributed by atoms with Gasteiger partial charge >= 0.3 is 0 Å². The molecule has 4 heterocycles. The lowest BCUT2D eigenvalue weighted by molar-refractivity contribution is 0.590. The maximum absolute atomic E-state index is 2.66. The highest BCUT2D eigenvalue weighted by atomic mass is 32.2. The van der Waals surface area contributed by atoms with Gasteiger partial charge in [-0.3, -0.25) is 0 Å². The van der Waals surface area contributed by atoms with E-state index in [0.29, 0.717) is 0 Å². The molecule has 0 unspecified atom stereocenters. The summed E-state index contributed by atoms with van der Waals surface area (Å²) in [5.74, 6) is 0. The number of benzene rings is 15. The molecular formula is C102H85B2N5S. The van der Waals surface area contributed by atoms with Gasteiger partial charge in [0.15, 0.2) is 0 Å². The highest BCUT2D eigenvalue weighted by Crippen LogP contribution is 2.54. The Morgan fingerprint density at radius 1 is 0.245 bits per heavy atom. The Hall–Kier alpha value is -12.2. The molecule has 0 saturated heterocycles. The summed E-state index contributed by atoms with van der Waals surface area (Å²) in [5, 5.41) is 0. The van der Waals surface area contributed by atoms with Crippen molar-refractivity contribution in [2.45, 2.75) is 88.3 Å². The first-order valence-corrected chi connectivity index (χ1v) is 39.5. The molecule has 530 valence electrons. The van der Waals surface area contributed by atoms with Crippen LogP contribution >= 0.6 is 11.8 Å². The fraction of sp³-hybridized carbons (Fsp3) is 0.118. The van der Waals surface area contributed by atoms with Crippen molar-refractivity contribution in [2.24, 2.45) is 0 Å². The zero-order chi connectivity index (χ0) is 74.7. The van der Waals surface area contributed by atoms with Crippen LogP contribution in [0.15, 0.2) is 362 Å². The first-order valence-electron chi connectivity index (χ1n) is 38.7. The molecular weight excluding hydrogens is 1350 g/mol. The van der Waals surface area contributed by atoms with Crippen LogP contribution in [0.4, 0.5) is 85.3 Å². The molecule has 0 amide bonds. The largest absolute Gasteiger partial charge is 0.311 e. The fourth-order valence-corrected chi connectivity index (χ4v) is 18.7. The third-order valence-electron chi connectivity index (χ3n) is 22.9. The Morgan fingerprint density at radius 2 is 0.609 bits per heavy atom. The van der Waals surface area contributed by atoms with Crippen molar-refractivity contribution in [1.29, 1.82) is 0 Å². The SMILES string of the molecule is CC(C)(C)c1ccc(-c2ccccc2N(c2ccccc2)c2cc3c4c(c2)N(c2ccccc2)c2cc5c(cc2B4c2ccccc2S3)B2c3ccccc3N(c3ccccc3-c3ccc(C(C)(C)C)cc3)c3cc(N(c4ccccc4)c4ccccc4-c4ccc(C(C)(C)C)cc4)cc(c32)N5c2ccccc2)cc1. The summed E-state index contributed by atoms with van der Waals surface area (Å²) < 4.78 is 0. The molecule has 0 fully saturated rings. The molecule has 0 bridgehead atoms. The van der Waals surface area contributed by atoms with E-state index in [9.17, 15) is 0 Å². The van der Waals surface area contributed by atoms with Gasteiger partial charge in [0, 0.05) is 89.0 Å². The predicted molar refractivity (Wildman–Crippen MR) is 472 cm³/mol. The minimum Gasteiger partial charge on any atom is -0.311 e. The van der Waals surface area contributed by atoms with Gasteiger partial charge < -0.3 is 24.5 Å². The minimum atomic E-state index is -0.218. The second-order valence-corrected chi connectivity index (χ2v) is 33.9. The fourth-order valence-electron chi connectivity index (χ4n) is 17.5. The van der Waals surface area contributed by atoms with E-state index in [4.69, 9.17) is 0 Å². The average molecular weight is 1430 g/mol. The smallest absolute Gasteiger partial charge is 0.252 e. The Balaban J connectivity index is 0.892. The molecule has 0 N–H and O–H groups in total. The molecule has 5 nitrogen and oxygen atoms in total. The van der Waals surface area contributed by atoms with Crippen LogP contribution in [0.5, 0.6) is 0 Å². The van der Waals surface area contributed by atoms with Crippen LogP contribution < -0.4 is 57.3 Å². The predicted octanol–water partition coefficient (Wildman–Crippen LogP) is 24.4. The van der Waals surface area contributed by atoms with Crippen LogP contribution in [0, 0.1) is 0 Å². The Bertz CT molecular complexity index is 6030. The van der Waals surface area contributed by atoms with Crippen molar-refractivity contribution >= 4 is 143 Å². The van der Waals surface area contributed by atoms with Crippen LogP contribution in [-0.4, -0.2) is 13.4 Å². The lowest BCUT2D eigenvalue weighted by Crippen LogP contribution is -2.64. The summed E-state index contributed by atoms with van der Waals surface area (Å²) in [6.45, 7) is 20.3. The van der Waals surface area contributed by atoms with E-state index in [1.807, 2.05) is 11.8 Å². The Labute approximate surface area is 653 Å². The summed E-state index contributed by atoms with van der Waals surface area (Å²) >= 11 is 1.90. The first-order chi connectivity index (χ1) is 53.5. The number of nitrogens with zero attached hydrogens (tertiary/aromatic N) is 5. The van der Waals surface area contributed by atoms with Gasteiger partial charge in [0.1, 0.15) is 0 Å². The first kappa shape index (κ1) is 68.3. The maximum Gasteiger partial charge on any atom is 0.252 e. The van der Waals surface area contributed by atoms with Crippen molar-refractivity contribution in [2.75, 3.05) is 24.5 Å². The molecule has 0 radical (unpaired) electrons. The zero-order valence-electron chi connectivity index (χ0n) is 63.8. The standard InChI is InChI=1S/C102H85B2N5S/c1-100(2,3)71-56-50-68(51-57-71)80-40-22-27-45-87(80)105(74-32-14-10-15-33-74)78-62-93-98-94(63-78)109(89-47-29-24-42-82(89)70-54-60-73(61-55-70)102(7,8)9)90-48-30-25-43-83(90)103(98)85-66-86-92(67-91(85)107(93)76-36-18-12-19-37-76)108(77-38-20-13-21-39-77)95-64-79(65-97-99(95)104(86)84-44-26-31-49-96(84)110-97)106(75-34-16-11-17-35-75)88-46-28-23-41-81(88)69-52-58-72(59-53-69)101(4,5)6/h10-67H,1-9H3. The third kappa shape index (κ3) is 11.7. The molecule has 19 rings (SSSR count). The molecule has 0 aromatic heterocycles. The van der Waals surface area contributed by atoms with Gasteiger partial charge in [-0.1, -0.05) is 322 Å². The summed E-state index contributed by atoms with van der Waals surface area (Å²) in [4.78, 5) is 15.3. The lowest BCUT2D eigenvalue weighted by atomic mass is 9.30. The number of hydrogen-bond acceptors (Lipinski definition) is 6. The molecule has 0 aliphatic carbocycles. The van der Waals surface area contributed by atoms with Gasteiger partial charge in [0.2, 0.25) is 6.71 Å².